The molecule has 3 nitrogen and oxygen atoms in total. The lowest BCUT2D eigenvalue weighted by molar-refractivity contribution is 0.179. The normalized spacial score (nSPS) is 23.2. The zero-order valence-corrected chi connectivity index (χ0v) is 12.6. The Kier molecular flexibility index (Phi) is 2.96. The molecule has 2 atom stereocenters. The molecule has 1 saturated carbocycles. The summed E-state index contributed by atoms with van der Waals surface area (Å²) in [6, 6.07) is 7.54. The number of ether oxygens (including phenoxy) is 1. The van der Waals surface area contributed by atoms with Gasteiger partial charge in [-0.15, -0.1) is 0 Å². The third-order valence-corrected chi connectivity index (χ3v) is 4.78. The zero-order valence-electron chi connectivity index (χ0n) is 12.6. The Bertz CT molecular complexity index is 857. The third kappa shape index (κ3) is 2.00. The highest BCUT2D eigenvalue weighted by atomic mass is 16.5. The van der Waals surface area contributed by atoms with Crippen LogP contribution in [0.3, 0.4) is 0 Å². The van der Waals surface area contributed by atoms with Crippen molar-refractivity contribution in [3.63, 3.8) is 0 Å². The van der Waals surface area contributed by atoms with Crippen molar-refractivity contribution in [2.24, 2.45) is 5.92 Å². The van der Waals surface area contributed by atoms with E-state index in [-0.39, 0.29) is 11.7 Å². The van der Waals surface area contributed by atoms with Gasteiger partial charge in [-0.1, -0.05) is 24.3 Å². The number of rotatable bonds is 1. The molecular formula is C19H18O3. The summed E-state index contributed by atoms with van der Waals surface area (Å²) >= 11 is 0. The Morgan fingerprint density at radius 3 is 2.95 bits per heavy atom. The molecule has 22 heavy (non-hydrogen) atoms. The number of allylic oxidation sites excluding steroid dienone is 1. The topological polar surface area (TPSA) is 39.4 Å². The summed E-state index contributed by atoms with van der Waals surface area (Å²) in [5, 5.41) is 0.866. The molecule has 2 aromatic rings. The van der Waals surface area contributed by atoms with Gasteiger partial charge in [0, 0.05) is 0 Å². The molecule has 1 fully saturated rings. The molecule has 0 N–H and O–H groups in total. The smallest absolute Gasteiger partial charge is 0.347 e. The molecule has 1 aromatic heterocycles. The molecular weight excluding hydrogens is 276 g/mol. The zero-order chi connectivity index (χ0) is 15.3. The fourth-order valence-electron chi connectivity index (χ4n) is 3.48. The third-order valence-electron chi connectivity index (χ3n) is 4.78. The lowest BCUT2D eigenvalue weighted by Gasteiger charge is -2.35. The summed E-state index contributed by atoms with van der Waals surface area (Å²) in [5.74, 6) is 1.16. The molecule has 0 amide bonds. The summed E-state index contributed by atoms with van der Waals surface area (Å²) in [6.07, 6.45) is 5.00. The Morgan fingerprint density at radius 2 is 2.14 bits per heavy atom. The van der Waals surface area contributed by atoms with Crippen LogP contribution in [0.15, 0.2) is 51.2 Å². The summed E-state index contributed by atoms with van der Waals surface area (Å²) < 4.78 is 11.6. The first-order valence-electron chi connectivity index (χ1n) is 7.72. The SMILES string of the molecule is C=C(C)C1CCC2=Cc3c(c4ccccc4oc3=O)OC2C1. The van der Waals surface area contributed by atoms with Crippen molar-refractivity contribution in [1.82, 2.24) is 0 Å². The largest absolute Gasteiger partial charge is 0.484 e. The first kappa shape index (κ1) is 13.4. The van der Waals surface area contributed by atoms with E-state index in [2.05, 4.69) is 13.5 Å². The molecule has 4 rings (SSSR count). The van der Waals surface area contributed by atoms with Gasteiger partial charge in [0.25, 0.3) is 0 Å². The fraction of sp³-hybridized carbons (Fsp3) is 0.316. The minimum absolute atomic E-state index is 0.0492. The van der Waals surface area contributed by atoms with Gasteiger partial charge in [0.1, 0.15) is 23.0 Å². The maximum Gasteiger partial charge on any atom is 0.347 e. The van der Waals surface area contributed by atoms with E-state index in [9.17, 15) is 4.79 Å². The first-order chi connectivity index (χ1) is 10.6. The van der Waals surface area contributed by atoms with E-state index in [1.165, 1.54) is 11.1 Å². The van der Waals surface area contributed by atoms with Crippen LogP contribution in [-0.2, 0) is 0 Å². The number of hydrogen-bond donors (Lipinski definition) is 0. The van der Waals surface area contributed by atoms with Gasteiger partial charge in [0.15, 0.2) is 0 Å². The minimum Gasteiger partial charge on any atom is -0.484 e. The van der Waals surface area contributed by atoms with Gasteiger partial charge in [-0.05, 0) is 55.9 Å². The van der Waals surface area contributed by atoms with Gasteiger partial charge < -0.3 is 9.15 Å². The molecule has 1 aliphatic carbocycles. The summed E-state index contributed by atoms with van der Waals surface area (Å²) in [5.41, 5.74) is 3.23. The highest BCUT2D eigenvalue weighted by Crippen LogP contribution is 2.41. The number of benzene rings is 1. The van der Waals surface area contributed by atoms with E-state index in [0.29, 0.717) is 22.8 Å². The lowest BCUT2D eigenvalue weighted by atomic mass is 9.79. The molecule has 1 aliphatic heterocycles. The molecule has 1 aromatic carbocycles. The summed E-state index contributed by atoms with van der Waals surface area (Å²) in [4.78, 5) is 12.2. The highest BCUT2D eigenvalue weighted by Gasteiger charge is 2.32. The van der Waals surface area contributed by atoms with Crippen LogP contribution in [0.25, 0.3) is 17.0 Å². The highest BCUT2D eigenvalue weighted by molar-refractivity contribution is 5.87. The van der Waals surface area contributed by atoms with Crippen molar-refractivity contribution in [2.45, 2.75) is 32.3 Å². The number of hydrogen-bond acceptors (Lipinski definition) is 3. The van der Waals surface area contributed by atoms with E-state index in [0.717, 1.165) is 24.6 Å². The molecule has 112 valence electrons. The van der Waals surface area contributed by atoms with E-state index in [1.807, 2.05) is 24.3 Å². The maximum absolute atomic E-state index is 12.2. The first-order valence-corrected chi connectivity index (χ1v) is 7.72. The van der Waals surface area contributed by atoms with Crippen molar-refractivity contribution in [3.8, 4) is 5.75 Å². The molecule has 0 radical (unpaired) electrons. The number of para-hydroxylation sites is 1. The predicted octanol–water partition coefficient (Wildman–Crippen LogP) is 4.31. The fourth-order valence-corrected chi connectivity index (χ4v) is 3.48. The van der Waals surface area contributed by atoms with Crippen molar-refractivity contribution < 1.29 is 9.15 Å². The molecule has 3 heteroatoms. The van der Waals surface area contributed by atoms with Gasteiger partial charge in [-0.3, -0.25) is 0 Å². The van der Waals surface area contributed by atoms with Crippen LogP contribution in [-0.4, -0.2) is 6.10 Å². The predicted molar refractivity (Wildman–Crippen MR) is 87.0 cm³/mol. The standard InChI is InChI=1S/C19H18O3/c1-11(2)12-7-8-13-9-15-18(21-17(13)10-12)14-5-3-4-6-16(14)22-19(15)20/h3-6,9,12,17H,1,7-8,10H2,2H3. The van der Waals surface area contributed by atoms with Crippen LogP contribution < -0.4 is 10.4 Å². The van der Waals surface area contributed by atoms with Crippen LogP contribution in [0.5, 0.6) is 5.75 Å². The summed E-state index contributed by atoms with van der Waals surface area (Å²) in [7, 11) is 0. The van der Waals surface area contributed by atoms with Crippen LogP contribution in [0, 0.1) is 5.92 Å². The van der Waals surface area contributed by atoms with Crippen molar-refractivity contribution in [3.05, 3.63) is 58.0 Å². The van der Waals surface area contributed by atoms with Crippen molar-refractivity contribution in [1.29, 1.82) is 0 Å². The van der Waals surface area contributed by atoms with Crippen molar-refractivity contribution >= 4 is 17.0 Å². The monoisotopic (exact) mass is 294 g/mol. The van der Waals surface area contributed by atoms with E-state index < -0.39 is 0 Å². The van der Waals surface area contributed by atoms with E-state index in [4.69, 9.17) is 9.15 Å². The van der Waals surface area contributed by atoms with Crippen molar-refractivity contribution in [2.75, 3.05) is 0 Å². The second-order valence-corrected chi connectivity index (χ2v) is 6.27. The Hall–Kier alpha value is -2.29. The quantitative estimate of drug-likeness (QED) is 0.581. The van der Waals surface area contributed by atoms with Gasteiger partial charge in [-0.25, -0.2) is 4.79 Å². The van der Waals surface area contributed by atoms with Gasteiger partial charge >= 0.3 is 5.63 Å². The lowest BCUT2D eigenvalue weighted by Crippen LogP contribution is -2.31. The van der Waals surface area contributed by atoms with Crippen LogP contribution in [0.2, 0.25) is 0 Å². The molecule has 0 saturated heterocycles. The second kappa shape index (κ2) is 4.87. The molecule has 2 heterocycles. The molecule has 2 aliphatic rings. The van der Waals surface area contributed by atoms with E-state index in [1.54, 1.807) is 6.07 Å². The number of fused-ring (bicyclic) bond motifs is 4. The maximum atomic E-state index is 12.2. The van der Waals surface area contributed by atoms with E-state index >= 15 is 0 Å². The van der Waals surface area contributed by atoms with Gasteiger partial charge in [0.2, 0.25) is 0 Å². The van der Waals surface area contributed by atoms with Gasteiger partial charge in [-0.2, -0.15) is 0 Å². The van der Waals surface area contributed by atoms with Crippen LogP contribution >= 0.6 is 0 Å². The average Bonchev–Trinajstić information content (AvgIpc) is 2.53. The summed E-state index contributed by atoms with van der Waals surface area (Å²) in [6.45, 7) is 6.17. The molecule has 0 spiro atoms. The molecule has 2 unspecified atom stereocenters. The Labute approximate surface area is 128 Å². The second-order valence-electron chi connectivity index (χ2n) is 6.27. The van der Waals surface area contributed by atoms with Crippen LogP contribution in [0.4, 0.5) is 0 Å². The van der Waals surface area contributed by atoms with Gasteiger partial charge in [0.05, 0.1) is 5.39 Å². The van der Waals surface area contributed by atoms with Crippen LogP contribution in [0.1, 0.15) is 31.7 Å². The average molecular weight is 294 g/mol. The Balaban J connectivity index is 1.85. The Morgan fingerprint density at radius 1 is 1.32 bits per heavy atom. The minimum atomic E-state index is -0.318. The molecule has 0 bridgehead atoms.